The minimum absolute atomic E-state index is 0.0427. The van der Waals surface area contributed by atoms with Crippen LogP contribution < -0.4 is 0 Å². The summed E-state index contributed by atoms with van der Waals surface area (Å²) in [4.78, 5) is 10.7. The van der Waals surface area contributed by atoms with E-state index in [2.05, 4.69) is 45.0 Å². The van der Waals surface area contributed by atoms with Crippen molar-refractivity contribution in [3.63, 3.8) is 0 Å². The quantitative estimate of drug-likeness (QED) is 0.580. The Morgan fingerprint density at radius 1 is 0.941 bits per heavy atom. The molecular formula is C15H24O2. The van der Waals surface area contributed by atoms with Gasteiger partial charge in [0.25, 0.3) is 0 Å². The molecule has 2 heteroatoms. The van der Waals surface area contributed by atoms with Gasteiger partial charge in [-0.3, -0.25) is 0 Å². The van der Waals surface area contributed by atoms with E-state index in [-0.39, 0.29) is 11.0 Å². The summed E-state index contributed by atoms with van der Waals surface area (Å²) in [5, 5.41) is 0. The third kappa shape index (κ3) is 4.88. The fraction of sp³-hybridized carbons (Fsp3) is 0.600. The molecule has 0 saturated heterocycles. The van der Waals surface area contributed by atoms with Crippen LogP contribution in [0.3, 0.4) is 0 Å². The van der Waals surface area contributed by atoms with Crippen molar-refractivity contribution in [1.82, 2.24) is 0 Å². The van der Waals surface area contributed by atoms with Gasteiger partial charge in [0, 0.05) is 5.41 Å². The minimum Gasteiger partial charge on any atom is -0.235 e. The van der Waals surface area contributed by atoms with Crippen molar-refractivity contribution in [3.05, 3.63) is 35.4 Å². The molecule has 0 aliphatic carbocycles. The van der Waals surface area contributed by atoms with E-state index in [0.29, 0.717) is 6.61 Å². The highest BCUT2D eigenvalue weighted by atomic mass is 17.2. The third-order valence-corrected chi connectivity index (χ3v) is 2.56. The maximum atomic E-state index is 5.35. The van der Waals surface area contributed by atoms with Crippen LogP contribution in [0.2, 0.25) is 0 Å². The summed E-state index contributed by atoms with van der Waals surface area (Å²) in [6, 6.07) is 8.55. The van der Waals surface area contributed by atoms with Gasteiger partial charge in [-0.25, -0.2) is 9.78 Å². The SMILES string of the molecule is Cc1ccc(C(C)(C)COOC(C)(C)C)cc1. The van der Waals surface area contributed by atoms with Gasteiger partial charge in [-0.05, 0) is 33.3 Å². The lowest BCUT2D eigenvalue weighted by atomic mass is 9.85. The summed E-state index contributed by atoms with van der Waals surface area (Å²) in [5.74, 6) is 0. The molecule has 0 aliphatic rings. The van der Waals surface area contributed by atoms with Gasteiger partial charge in [0.05, 0.1) is 12.2 Å². The summed E-state index contributed by atoms with van der Waals surface area (Å²) in [7, 11) is 0. The zero-order valence-corrected chi connectivity index (χ0v) is 11.8. The molecule has 0 bridgehead atoms. The molecule has 0 saturated carbocycles. The van der Waals surface area contributed by atoms with Crippen molar-refractivity contribution in [3.8, 4) is 0 Å². The first kappa shape index (κ1) is 14.2. The van der Waals surface area contributed by atoms with Crippen LogP contribution in [0, 0.1) is 6.92 Å². The average Bonchev–Trinajstić information content (AvgIpc) is 2.15. The summed E-state index contributed by atoms with van der Waals surface area (Å²) >= 11 is 0. The van der Waals surface area contributed by atoms with Gasteiger partial charge in [0.2, 0.25) is 0 Å². The van der Waals surface area contributed by atoms with Crippen LogP contribution >= 0.6 is 0 Å². The molecule has 0 fully saturated rings. The van der Waals surface area contributed by atoms with Crippen LogP contribution in [-0.2, 0) is 15.2 Å². The van der Waals surface area contributed by atoms with Crippen molar-refractivity contribution < 1.29 is 9.78 Å². The number of rotatable bonds is 4. The summed E-state index contributed by atoms with van der Waals surface area (Å²) < 4.78 is 0. The molecule has 1 rings (SSSR count). The zero-order valence-electron chi connectivity index (χ0n) is 11.8. The topological polar surface area (TPSA) is 18.5 Å². The summed E-state index contributed by atoms with van der Waals surface area (Å²) in [6.45, 7) is 12.9. The smallest absolute Gasteiger partial charge is 0.0952 e. The maximum absolute atomic E-state index is 5.35. The Morgan fingerprint density at radius 3 is 1.94 bits per heavy atom. The molecule has 96 valence electrons. The van der Waals surface area contributed by atoms with E-state index in [9.17, 15) is 0 Å². The van der Waals surface area contributed by atoms with Crippen LogP contribution in [-0.4, -0.2) is 12.2 Å². The molecule has 0 spiro atoms. The molecule has 1 aromatic rings. The Balaban J connectivity index is 2.59. The molecule has 0 aromatic heterocycles. The monoisotopic (exact) mass is 236 g/mol. The molecular weight excluding hydrogens is 212 g/mol. The molecule has 0 aliphatic heterocycles. The predicted molar refractivity (Wildman–Crippen MR) is 71.0 cm³/mol. The van der Waals surface area contributed by atoms with Crippen LogP contribution in [0.5, 0.6) is 0 Å². The van der Waals surface area contributed by atoms with Crippen molar-refractivity contribution in [1.29, 1.82) is 0 Å². The Kier molecular flexibility index (Phi) is 4.34. The molecule has 0 radical (unpaired) electrons. The highest BCUT2D eigenvalue weighted by Crippen LogP contribution is 2.24. The molecule has 0 heterocycles. The normalized spacial score (nSPS) is 12.8. The van der Waals surface area contributed by atoms with Gasteiger partial charge >= 0.3 is 0 Å². The van der Waals surface area contributed by atoms with Gasteiger partial charge in [-0.15, -0.1) is 0 Å². The number of hydrogen-bond acceptors (Lipinski definition) is 2. The van der Waals surface area contributed by atoms with Crippen molar-refractivity contribution in [2.45, 2.75) is 52.6 Å². The van der Waals surface area contributed by atoms with Crippen LogP contribution in [0.4, 0.5) is 0 Å². The molecule has 17 heavy (non-hydrogen) atoms. The Labute approximate surface area is 105 Å². The third-order valence-electron chi connectivity index (χ3n) is 2.56. The standard InChI is InChI=1S/C15H24O2/c1-12-7-9-13(10-8-12)15(5,6)11-16-17-14(2,3)4/h7-10H,11H2,1-6H3. The molecule has 1 aromatic carbocycles. The molecule has 0 N–H and O–H groups in total. The Hall–Kier alpha value is -0.860. The Morgan fingerprint density at radius 2 is 1.47 bits per heavy atom. The van der Waals surface area contributed by atoms with Crippen LogP contribution in [0.1, 0.15) is 45.7 Å². The van der Waals surface area contributed by atoms with E-state index in [1.807, 2.05) is 20.8 Å². The maximum Gasteiger partial charge on any atom is 0.0952 e. The number of aryl methyl sites for hydroxylation is 1. The molecule has 0 amide bonds. The lowest BCUT2D eigenvalue weighted by molar-refractivity contribution is -0.354. The van der Waals surface area contributed by atoms with Gasteiger partial charge in [-0.1, -0.05) is 43.7 Å². The highest BCUT2D eigenvalue weighted by molar-refractivity contribution is 5.27. The zero-order chi connectivity index (χ0) is 13.1. The second kappa shape index (κ2) is 5.19. The lowest BCUT2D eigenvalue weighted by Gasteiger charge is -2.27. The first-order valence-electron chi connectivity index (χ1n) is 6.08. The Bertz CT molecular complexity index is 344. The fourth-order valence-electron chi connectivity index (χ4n) is 1.44. The predicted octanol–water partition coefficient (Wildman–Crippen LogP) is 4.02. The fourth-order valence-corrected chi connectivity index (χ4v) is 1.44. The highest BCUT2D eigenvalue weighted by Gasteiger charge is 2.23. The van der Waals surface area contributed by atoms with E-state index < -0.39 is 0 Å². The average molecular weight is 236 g/mol. The molecule has 2 nitrogen and oxygen atoms in total. The van der Waals surface area contributed by atoms with Crippen LogP contribution in [0.25, 0.3) is 0 Å². The second-order valence-corrected chi connectivity index (χ2v) is 6.21. The van der Waals surface area contributed by atoms with Gasteiger partial charge in [0.15, 0.2) is 0 Å². The second-order valence-electron chi connectivity index (χ2n) is 6.21. The van der Waals surface area contributed by atoms with Gasteiger partial charge < -0.3 is 0 Å². The van der Waals surface area contributed by atoms with Crippen LogP contribution in [0.15, 0.2) is 24.3 Å². The van der Waals surface area contributed by atoms with E-state index in [1.165, 1.54) is 11.1 Å². The van der Waals surface area contributed by atoms with E-state index >= 15 is 0 Å². The van der Waals surface area contributed by atoms with Gasteiger partial charge in [-0.2, -0.15) is 0 Å². The van der Waals surface area contributed by atoms with E-state index in [0.717, 1.165) is 0 Å². The molecule has 0 unspecified atom stereocenters. The largest absolute Gasteiger partial charge is 0.235 e. The summed E-state index contributed by atoms with van der Waals surface area (Å²) in [5.41, 5.74) is 2.24. The van der Waals surface area contributed by atoms with Crippen molar-refractivity contribution >= 4 is 0 Å². The first-order chi connectivity index (χ1) is 7.71. The number of hydrogen-bond donors (Lipinski definition) is 0. The summed E-state index contributed by atoms with van der Waals surface area (Å²) in [6.07, 6.45) is 0. The first-order valence-corrected chi connectivity index (χ1v) is 6.08. The van der Waals surface area contributed by atoms with Gasteiger partial charge in [0.1, 0.15) is 0 Å². The van der Waals surface area contributed by atoms with Crippen molar-refractivity contribution in [2.24, 2.45) is 0 Å². The number of benzene rings is 1. The van der Waals surface area contributed by atoms with E-state index in [4.69, 9.17) is 9.78 Å². The van der Waals surface area contributed by atoms with Crippen molar-refractivity contribution in [2.75, 3.05) is 6.61 Å². The molecule has 0 atom stereocenters. The lowest BCUT2D eigenvalue weighted by Crippen LogP contribution is -2.28. The minimum atomic E-state index is -0.261. The van der Waals surface area contributed by atoms with E-state index in [1.54, 1.807) is 0 Å².